The standard InChI is InChI=1S/C18H15BrFN3S/c1-2-10-23-17(14-6-8-15(19)9-7-14)21-22-18(23)24-12-13-4-3-5-16(20)11-13/h2-9,11H,1,10,12H2. The predicted molar refractivity (Wildman–Crippen MR) is 99.3 cm³/mol. The quantitative estimate of drug-likeness (QED) is 0.411. The summed E-state index contributed by atoms with van der Waals surface area (Å²) < 4.78 is 16.3. The molecule has 6 heteroatoms. The van der Waals surface area contributed by atoms with Crippen molar-refractivity contribution in [3.63, 3.8) is 0 Å². The van der Waals surface area contributed by atoms with Crippen LogP contribution in [0.1, 0.15) is 5.56 Å². The minimum absolute atomic E-state index is 0.226. The Labute approximate surface area is 152 Å². The molecule has 0 unspecified atom stereocenters. The number of thioether (sulfide) groups is 1. The van der Waals surface area contributed by atoms with Crippen LogP contribution in [0.4, 0.5) is 4.39 Å². The van der Waals surface area contributed by atoms with Crippen molar-refractivity contribution in [1.82, 2.24) is 14.8 Å². The second kappa shape index (κ2) is 7.77. The highest BCUT2D eigenvalue weighted by molar-refractivity contribution is 9.10. The van der Waals surface area contributed by atoms with Gasteiger partial charge in [-0.05, 0) is 29.8 Å². The molecule has 0 aliphatic carbocycles. The fourth-order valence-corrected chi connectivity index (χ4v) is 3.43. The number of benzene rings is 2. The Hall–Kier alpha value is -1.92. The summed E-state index contributed by atoms with van der Waals surface area (Å²) in [5.74, 6) is 1.20. The number of rotatable bonds is 6. The smallest absolute Gasteiger partial charge is 0.192 e. The van der Waals surface area contributed by atoms with E-state index in [1.54, 1.807) is 6.07 Å². The summed E-state index contributed by atoms with van der Waals surface area (Å²) in [6.07, 6.45) is 1.82. The first-order valence-electron chi connectivity index (χ1n) is 7.34. The van der Waals surface area contributed by atoms with Gasteiger partial charge in [-0.3, -0.25) is 4.57 Å². The van der Waals surface area contributed by atoms with Crippen LogP contribution in [0.3, 0.4) is 0 Å². The highest BCUT2D eigenvalue weighted by atomic mass is 79.9. The van der Waals surface area contributed by atoms with Crippen LogP contribution in [0.5, 0.6) is 0 Å². The van der Waals surface area contributed by atoms with Crippen molar-refractivity contribution < 1.29 is 4.39 Å². The molecule has 0 N–H and O–H groups in total. The van der Waals surface area contributed by atoms with E-state index in [-0.39, 0.29) is 5.82 Å². The summed E-state index contributed by atoms with van der Waals surface area (Å²) in [5, 5.41) is 9.40. The molecule has 3 rings (SSSR count). The molecule has 24 heavy (non-hydrogen) atoms. The molecule has 0 radical (unpaired) electrons. The predicted octanol–water partition coefficient (Wildman–Crippen LogP) is 5.33. The van der Waals surface area contributed by atoms with Crippen LogP contribution in [-0.2, 0) is 12.3 Å². The van der Waals surface area contributed by atoms with Gasteiger partial charge in [0.05, 0.1) is 0 Å². The zero-order chi connectivity index (χ0) is 16.9. The van der Waals surface area contributed by atoms with Gasteiger partial charge in [-0.15, -0.1) is 16.8 Å². The molecule has 1 heterocycles. The van der Waals surface area contributed by atoms with Gasteiger partial charge in [-0.25, -0.2) is 4.39 Å². The maximum Gasteiger partial charge on any atom is 0.192 e. The average molecular weight is 404 g/mol. The van der Waals surface area contributed by atoms with Crippen molar-refractivity contribution >= 4 is 27.7 Å². The number of allylic oxidation sites excluding steroid dienone is 1. The molecule has 3 nitrogen and oxygen atoms in total. The van der Waals surface area contributed by atoms with Crippen molar-refractivity contribution in [2.75, 3.05) is 0 Å². The zero-order valence-corrected chi connectivity index (χ0v) is 15.2. The molecular weight excluding hydrogens is 389 g/mol. The van der Waals surface area contributed by atoms with E-state index in [9.17, 15) is 4.39 Å². The van der Waals surface area contributed by atoms with Crippen LogP contribution < -0.4 is 0 Å². The first kappa shape index (κ1) is 16.9. The molecule has 0 spiro atoms. The van der Waals surface area contributed by atoms with Gasteiger partial charge in [0.15, 0.2) is 11.0 Å². The Morgan fingerprint density at radius 3 is 2.67 bits per heavy atom. The van der Waals surface area contributed by atoms with E-state index in [2.05, 4.69) is 32.7 Å². The normalized spacial score (nSPS) is 10.8. The Bertz CT molecular complexity index is 846. The third-order valence-electron chi connectivity index (χ3n) is 3.39. The van der Waals surface area contributed by atoms with Gasteiger partial charge in [-0.1, -0.05) is 58.0 Å². The van der Waals surface area contributed by atoms with E-state index in [1.165, 1.54) is 23.9 Å². The number of hydrogen-bond donors (Lipinski definition) is 0. The molecule has 3 aromatic rings. The van der Waals surface area contributed by atoms with Crippen LogP contribution >= 0.6 is 27.7 Å². The van der Waals surface area contributed by atoms with Crippen molar-refractivity contribution in [3.05, 3.63) is 77.0 Å². The Balaban J connectivity index is 1.85. The number of hydrogen-bond acceptors (Lipinski definition) is 3. The van der Waals surface area contributed by atoms with Crippen molar-refractivity contribution in [1.29, 1.82) is 0 Å². The summed E-state index contributed by atoms with van der Waals surface area (Å²) in [6.45, 7) is 4.43. The zero-order valence-electron chi connectivity index (χ0n) is 12.8. The largest absolute Gasteiger partial charge is 0.298 e. The number of nitrogens with zero attached hydrogens (tertiary/aromatic N) is 3. The van der Waals surface area contributed by atoms with E-state index < -0.39 is 0 Å². The minimum atomic E-state index is -0.226. The fraction of sp³-hybridized carbons (Fsp3) is 0.111. The number of halogens is 2. The Morgan fingerprint density at radius 2 is 1.96 bits per heavy atom. The monoisotopic (exact) mass is 403 g/mol. The average Bonchev–Trinajstić information content (AvgIpc) is 2.97. The summed E-state index contributed by atoms with van der Waals surface area (Å²) in [5.41, 5.74) is 1.91. The van der Waals surface area contributed by atoms with Gasteiger partial charge in [-0.2, -0.15) is 0 Å². The van der Waals surface area contributed by atoms with Gasteiger partial charge in [0.2, 0.25) is 0 Å². The molecule has 0 bridgehead atoms. The third kappa shape index (κ3) is 3.94. The van der Waals surface area contributed by atoms with Gasteiger partial charge in [0.1, 0.15) is 5.82 Å². The highest BCUT2D eigenvalue weighted by Crippen LogP contribution is 2.27. The van der Waals surface area contributed by atoms with Crippen molar-refractivity contribution in [2.45, 2.75) is 17.5 Å². The van der Waals surface area contributed by atoms with E-state index >= 15 is 0 Å². The second-order valence-electron chi connectivity index (χ2n) is 5.13. The lowest BCUT2D eigenvalue weighted by Crippen LogP contribution is -2.00. The van der Waals surface area contributed by atoms with Crippen LogP contribution in [0.25, 0.3) is 11.4 Å². The topological polar surface area (TPSA) is 30.7 Å². The molecule has 0 amide bonds. The summed E-state index contributed by atoms with van der Waals surface area (Å²) in [7, 11) is 0. The Kier molecular flexibility index (Phi) is 5.48. The minimum Gasteiger partial charge on any atom is -0.298 e. The van der Waals surface area contributed by atoms with Gasteiger partial charge < -0.3 is 0 Å². The van der Waals surface area contributed by atoms with E-state index in [0.717, 1.165) is 26.6 Å². The van der Waals surface area contributed by atoms with Crippen LogP contribution in [0, 0.1) is 5.82 Å². The molecule has 0 atom stereocenters. The van der Waals surface area contributed by atoms with Crippen LogP contribution in [-0.4, -0.2) is 14.8 Å². The van der Waals surface area contributed by atoms with Gasteiger partial charge in [0.25, 0.3) is 0 Å². The Morgan fingerprint density at radius 1 is 1.17 bits per heavy atom. The van der Waals surface area contributed by atoms with Crippen LogP contribution in [0.15, 0.2) is 70.8 Å². The first-order valence-corrected chi connectivity index (χ1v) is 9.12. The molecule has 0 fully saturated rings. The number of aromatic nitrogens is 3. The SMILES string of the molecule is C=CCn1c(SCc2cccc(F)c2)nnc1-c1ccc(Br)cc1. The third-order valence-corrected chi connectivity index (χ3v) is 4.95. The van der Waals surface area contributed by atoms with Gasteiger partial charge in [0, 0.05) is 22.3 Å². The maximum atomic E-state index is 13.3. The van der Waals surface area contributed by atoms with Crippen molar-refractivity contribution in [2.24, 2.45) is 0 Å². The van der Waals surface area contributed by atoms with Crippen molar-refractivity contribution in [3.8, 4) is 11.4 Å². The van der Waals surface area contributed by atoms with E-state index in [0.29, 0.717) is 12.3 Å². The highest BCUT2D eigenvalue weighted by Gasteiger charge is 2.13. The second-order valence-corrected chi connectivity index (χ2v) is 6.99. The lowest BCUT2D eigenvalue weighted by Gasteiger charge is -2.08. The van der Waals surface area contributed by atoms with Gasteiger partial charge >= 0.3 is 0 Å². The molecule has 1 aromatic heterocycles. The van der Waals surface area contributed by atoms with E-state index in [1.807, 2.05) is 41.0 Å². The van der Waals surface area contributed by atoms with Crippen LogP contribution in [0.2, 0.25) is 0 Å². The molecule has 2 aromatic carbocycles. The molecule has 0 saturated heterocycles. The lowest BCUT2D eigenvalue weighted by molar-refractivity contribution is 0.626. The summed E-state index contributed by atoms with van der Waals surface area (Å²) in [4.78, 5) is 0. The molecule has 0 saturated carbocycles. The first-order chi connectivity index (χ1) is 11.7. The fourth-order valence-electron chi connectivity index (χ4n) is 2.28. The lowest BCUT2D eigenvalue weighted by atomic mass is 10.2. The molecule has 0 aliphatic heterocycles. The summed E-state index contributed by atoms with van der Waals surface area (Å²) >= 11 is 4.97. The maximum absolute atomic E-state index is 13.3. The molecule has 0 aliphatic rings. The molecular formula is C18H15BrFN3S. The molecule has 122 valence electrons. The summed E-state index contributed by atoms with van der Waals surface area (Å²) in [6, 6.07) is 14.5. The van der Waals surface area contributed by atoms with E-state index in [4.69, 9.17) is 0 Å².